The first-order valence-corrected chi connectivity index (χ1v) is 7.57. The summed E-state index contributed by atoms with van der Waals surface area (Å²) in [5.41, 5.74) is 0.394. The van der Waals surface area contributed by atoms with Gasteiger partial charge in [-0.15, -0.1) is 0 Å². The van der Waals surface area contributed by atoms with Crippen LogP contribution in [0.5, 0.6) is 0 Å². The molecule has 1 N–H and O–H groups in total. The first-order valence-electron chi connectivity index (χ1n) is 7.19. The second kappa shape index (κ2) is 7.57. The molecular formula is C18H18ClFO3. The highest BCUT2D eigenvalue weighted by atomic mass is 35.5. The maximum Gasteiger partial charge on any atom is 0.323 e. The van der Waals surface area contributed by atoms with Gasteiger partial charge in [-0.05, 0) is 22.8 Å². The molecule has 0 spiro atoms. The van der Waals surface area contributed by atoms with Crippen molar-refractivity contribution in [3.63, 3.8) is 0 Å². The van der Waals surface area contributed by atoms with E-state index in [0.29, 0.717) is 21.7 Å². The second-order valence-electron chi connectivity index (χ2n) is 5.17. The number of carbonyl (C=O) groups excluding carboxylic acids is 1. The smallest absolute Gasteiger partial charge is 0.323 e. The molecule has 0 saturated carbocycles. The van der Waals surface area contributed by atoms with Gasteiger partial charge in [-0.3, -0.25) is 9.18 Å². The lowest BCUT2D eigenvalue weighted by molar-refractivity contribution is -0.147. The van der Waals surface area contributed by atoms with Crippen molar-refractivity contribution in [2.75, 3.05) is 20.4 Å². The first kappa shape index (κ1) is 17.4. The minimum absolute atomic E-state index is 0.203. The van der Waals surface area contributed by atoms with Gasteiger partial charge in [0, 0.05) is 11.4 Å². The van der Waals surface area contributed by atoms with E-state index in [1.54, 1.807) is 42.5 Å². The van der Waals surface area contributed by atoms with Crippen molar-refractivity contribution in [1.82, 2.24) is 0 Å². The van der Waals surface area contributed by atoms with E-state index in [2.05, 4.69) is 0 Å². The molecular weight excluding hydrogens is 319 g/mol. The molecule has 2 aromatic carbocycles. The Bertz CT molecular complexity index is 675. The zero-order chi connectivity index (χ0) is 16.9. The number of hydrogen-bond acceptors (Lipinski definition) is 3. The maximum absolute atomic E-state index is 12.5. The number of esters is 1. The molecule has 0 aromatic heterocycles. The fraction of sp³-hybridized carbons (Fsp3) is 0.278. The quantitative estimate of drug-likeness (QED) is 0.823. The predicted octanol–water partition coefficient (Wildman–Crippen LogP) is 3.30. The van der Waals surface area contributed by atoms with E-state index < -0.39 is 24.7 Å². The van der Waals surface area contributed by atoms with E-state index in [-0.39, 0.29) is 6.42 Å². The third-order valence-electron chi connectivity index (χ3n) is 3.95. The SMILES string of the molecule is COC(=O)C(CO)(c1ccccc1)c1ccc(CCF)c(Cl)c1. The summed E-state index contributed by atoms with van der Waals surface area (Å²) < 4.78 is 17.5. The zero-order valence-corrected chi connectivity index (χ0v) is 13.5. The molecule has 122 valence electrons. The summed E-state index contributed by atoms with van der Waals surface area (Å²) in [5, 5.41) is 10.4. The Morgan fingerprint density at radius 2 is 1.91 bits per heavy atom. The lowest BCUT2D eigenvalue weighted by Gasteiger charge is -2.30. The Kier molecular flexibility index (Phi) is 5.74. The van der Waals surface area contributed by atoms with Crippen LogP contribution in [-0.2, 0) is 21.4 Å². The molecule has 0 aliphatic heterocycles. The normalized spacial score (nSPS) is 13.4. The lowest BCUT2D eigenvalue weighted by Crippen LogP contribution is -2.41. The van der Waals surface area contributed by atoms with E-state index in [4.69, 9.17) is 16.3 Å². The Morgan fingerprint density at radius 1 is 1.22 bits per heavy atom. The predicted molar refractivity (Wildman–Crippen MR) is 87.5 cm³/mol. The lowest BCUT2D eigenvalue weighted by atomic mass is 9.75. The minimum Gasteiger partial charge on any atom is -0.468 e. The van der Waals surface area contributed by atoms with Crippen LogP contribution in [0.3, 0.4) is 0 Å². The van der Waals surface area contributed by atoms with Gasteiger partial charge in [0.1, 0.15) is 5.41 Å². The Labute approximate surface area is 139 Å². The number of halogens is 2. The van der Waals surface area contributed by atoms with Crippen LogP contribution in [0.2, 0.25) is 5.02 Å². The van der Waals surface area contributed by atoms with Crippen LogP contribution < -0.4 is 0 Å². The van der Waals surface area contributed by atoms with Gasteiger partial charge in [0.2, 0.25) is 0 Å². The molecule has 0 heterocycles. The van der Waals surface area contributed by atoms with Gasteiger partial charge in [0.05, 0.1) is 20.4 Å². The monoisotopic (exact) mass is 336 g/mol. The van der Waals surface area contributed by atoms with Crippen LogP contribution in [0.4, 0.5) is 4.39 Å². The van der Waals surface area contributed by atoms with Crippen LogP contribution in [0.1, 0.15) is 16.7 Å². The molecule has 3 nitrogen and oxygen atoms in total. The van der Waals surface area contributed by atoms with Gasteiger partial charge < -0.3 is 9.84 Å². The molecule has 0 aliphatic rings. The molecule has 0 radical (unpaired) electrons. The van der Waals surface area contributed by atoms with Crippen molar-refractivity contribution < 1.29 is 19.0 Å². The van der Waals surface area contributed by atoms with Crippen LogP contribution in [0.25, 0.3) is 0 Å². The molecule has 2 aromatic rings. The van der Waals surface area contributed by atoms with Crippen molar-refractivity contribution in [1.29, 1.82) is 0 Å². The number of ether oxygens (including phenoxy) is 1. The van der Waals surface area contributed by atoms with Crippen LogP contribution >= 0.6 is 11.6 Å². The average molecular weight is 337 g/mol. The summed E-state index contributed by atoms with van der Waals surface area (Å²) in [6.45, 7) is -0.984. The summed E-state index contributed by atoms with van der Waals surface area (Å²) in [6.07, 6.45) is 0.203. The fourth-order valence-corrected chi connectivity index (χ4v) is 2.94. The van der Waals surface area contributed by atoms with E-state index in [1.807, 2.05) is 6.07 Å². The van der Waals surface area contributed by atoms with Gasteiger partial charge in [-0.1, -0.05) is 54.1 Å². The van der Waals surface area contributed by atoms with Crippen LogP contribution in [0.15, 0.2) is 48.5 Å². The summed E-state index contributed by atoms with van der Waals surface area (Å²) in [6, 6.07) is 13.8. The third-order valence-corrected chi connectivity index (χ3v) is 4.30. The summed E-state index contributed by atoms with van der Waals surface area (Å²) in [7, 11) is 1.27. The average Bonchev–Trinajstić information content (AvgIpc) is 2.59. The Hall–Kier alpha value is -1.91. The van der Waals surface area contributed by atoms with Crippen molar-refractivity contribution in [2.24, 2.45) is 0 Å². The second-order valence-corrected chi connectivity index (χ2v) is 5.57. The fourth-order valence-electron chi connectivity index (χ4n) is 2.66. The topological polar surface area (TPSA) is 46.5 Å². The number of aryl methyl sites for hydroxylation is 1. The van der Waals surface area contributed by atoms with Crippen LogP contribution in [0, 0.1) is 0 Å². The van der Waals surface area contributed by atoms with Gasteiger partial charge in [0.15, 0.2) is 0 Å². The Balaban J connectivity index is 2.63. The standard InChI is InChI=1S/C18H18ClFO3/c1-23-17(22)18(12-21,14-5-3-2-4-6-14)15-8-7-13(9-10-20)16(19)11-15/h2-8,11,21H,9-10,12H2,1H3. The zero-order valence-electron chi connectivity index (χ0n) is 12.8. The highest BCUT2D eigenvalue weighted by Gasteiger charge is 2.43. The summed E-state index contributed by atoms with van der Waals surface area (Å²) in [4.78, 5) is 12.5. The number of hydrogen-bond donors (Lipinski definition) is 1. The number of rotatable bonds is 6. The summed E-state index contributed by atoms with van der Waals surface area (Å²) in [5.74, 6) is -0.583. The summed E-state index contributed by atoms with van der Waals surface area (Å²) >= 11 is 6.21. The molecule has 2 rings (SSSR count). The minimum atomic E-state index is -1.37. The van der Waals surface area contributed by atoms with Gasteiger partial charge in [-0.2, -0.15) is 0 Å². The van der Waals surface area contributed by atoms with Crippen LogP contribution in [-0.4, -0.2) is 31.5 Å². The van der Waals surface area contributed by atoms with Crippen molar-refractivity contribution in [3.05, 3.63) is 70.2 Å². The van der Waals surface area contributed by atoms with E-state index in [9.17, 15) is 14.3 Å². The molecule has 0 amide bonds. The molecule has 0 bridgehead atoms. The van der Waals surface area contributed by atoms with Crippen molar-refractivity contribution >= 4 is 17.6 Å². The van der Waals surface area contributed by atoms with Crippen molar-refractivity contribution in [3.8, 4) is 0 Å². The molecule has 23 heavy (non-hydrogen) atoms. The third kappa shape index (κ3) is 3.23. The molecule has 0 saturated heterocycles. The van der Waals surface area contributed by atoms with E-state index >= 15 is 0 Å². The molecule has 1 atom stereocenters. The molecule has 0 aliphatic carbocycles. The van der Waals surface area contributed by atoms with E-state index in [1.165, 1.54) is 7.11 Å². The molecule has 1 unspecified atom stereocenters. The molecule has 0 fully saturated rings. The largest absolute Gasteiger partial charge is 0.468 e. The maximum atomic E-state index is 12.5. The van der Waals surface area contributed by atoms with Gasteiger partial charge in [-0.25, -0.2) is 0 Å². The van der Waals surface area contributed by atoms with Gasteiger partial charge >= 0.3 is 5.97 Å². The number of carbonyl (C=O) groups is 1. The van der Waals surface area contributed by atoms with Gasteiger partial charge in [0.25, 0.3) is 0 Å². The first-order chi connectivity index (χ1) is 11.1. The highest BCUT2D eigenvalue weighted by Crippen LogP contribution is 2.35. The number of aliphatic hydroxyl groups is 1. The molecule has 5 heteroatoms. The van der Waals surface area contributed by atoms with E-state index in [0.717, 1.165) is 0 Å². The highest BCUT2D eigenvalue weighted by molar-refractivity contribution is 6.31. The number of benzene rings is 2. The number of aliphatic hydroxyl groups excluding tert-OH is 1. The van der Waals surface area contributed by atoms with Crippen molar-refractivity contribution in [2.45, 2.75) is 11.8 Å². The Morgan fingerprint density at radius 3 is 2.43 bits per heavy atom. The number of methoxy groups -OCH3 is 1. The number of alkyl halides is 1.